The largest absolute Gasteiger partial charge is 0.455 e. The molecule has 0 fully saturated rings. The van der Waals surface area contributed by atoms with E-state index in [9.17, 15) is 0 Å². The molecule has 0 saturated carbocycles. The summed E-state index contributed by atoms with van der Waals surface area (Å²) in [5.74, 6) is 1.43. The predicted molar refractivity (Wildman–Crippen MR) is 238 cm³/mol. The number of amidine groups is 2. The van der Waals surface area contributed by atoms with E-state index in [0.29, 0.717) is 5.84 Å². The number of furan rings is 1. The molecule has 0 saturated heterocycles. The van der Waals surface area contributed by atoms with Crippen LogP contribution in [0.1, 0.15) is 40.5 Å². The molecule has 2 aliphatic rings. The Bertz CT molecular complexity index is 3330. The maximum Gasteiger partial charge on any atom is 0.159 e. The lowest BCUT2D eigenvalue weighted by Crippen LogP contribution is -2.33. The molecule has 4 heterocycles. The topological polar surface area (TPSA) is 54.8 Å². The van der Waals surface area contributed by atoms with E-state index in [-0.39, 0.29) is 6.17 Å². The third kappa shape index (κ3) is 5.07. The summed E-state index contributed by atoms with van der Waals surface area (Å²) in [6.45, 7) is 0. The Morgan fingerprint density at radius 3 is 2.35 bits per heavy atom. The van der Waals surface area contributed by atoms with E-state index in [1.807, 2.05) is 47.7 Å². The van der Waals surface area contributed by atoms with Crippen molar-refractivity contribution in [1.82, 2.24) is 9.88 Å². The van der Waals surface area contributed by atoms with Crippen molar-refractivity contribution in [3.05, 3.63) is 192 Å². The lowest BCUT2D eigenvalue weighted by Gasteiger charge is -2.23. The molecule has 1 unspecified atom stereocenters. The van der Waals surface area contributed by atoms with Gasteiger partial charge in [-0.1, -0.05) is 133 Å². The molecule has 1 N–H and O–H groups in total. The molecule has 3 aromatic heterocycles. The second kappa shape index (κ2) is 12.8. The smallest absolute Gasteiger partial charge is 0.159 e. The predicted octanol–water partition coefficient (Wildman–Crippen LogP) is 13.0. The maximum absolute atomic E-state index is 6.86. The minimum Gasteiger partial charge on any atom is -0.455 e. The number of nitrogens with zero attached hydrogens (tertiary/aromatic N) is 3. The summed E-state index contributed by atoms with van der Waals surface area (Å²) in [6, 6.07) is 55.8. The van der Waals surface area contributed by atoms with Gasteiger partial charge in [0.2, 0.25) is 0 Å². The van der Waals surface area contributed by atoms with Crippen molar-refractivity contribution in [2.75, 3.05) is 0 Å². The van der Waals surface area contributed by atoms with Crippen molar-refractivity contribution >= 4 is 82.1 Å². The van der Waals surface area contributed by atoms with Gasteiger partial charge in [0.15, 0.2) is 5.84 Å². The molecular weight excluding hydrogens is 717 g/mol. The average Bonchev–Trinajstić information content (AvgIpc) is 3.96. The summed E-state index contributed by atoms with van der Waals surface area (Å²) in [4.78, 5) is 10.1. The number of allylic oxidation sites excluding steroid dienone is 1. The van der Waals surface area contributed by atoms with E-state index in [1.54, 1.807) is 0 Å². The van der Waals surface area contributed by atoms with Crippen molar-refractivity contribution in [2.45, 2.75) is 19.0 Å². The Morgan fingerprint density at radius 1 is 0.667 bits per heavy atom. The molecule has 1 atom stereocenters. The van der Waals surface area contributed by atoms with Gasteiger partial charge in [0.25, 0.3) is 0 Å². The summed E-state index contributed by atoms with van der Waals surface area (Å²) < 4.78 is 12.0. The van der Waals surface area contributed by atoms with E-state index in [0.717, 1.165) is 62.9 Å². The zero-order valence-electron chi connectivity index (χ0n) is 30.8. The van der Waals surface area contributed by atoms with Crippen LogP contribution in [0.15, 0.2) is 178 Å². The summed E-state index contributed by atoms with van der Waals surface area (Å²) in [5, 5.41) is 9.64. The second-order valence-corrected chi connectivity index (χ2v) is 15.9. The first-order chi connectivity index (χ1) is 28.3. The van der Waals surface area contributed by atoms with Gasteiger partial charge in [0, 0.05) is 48.5 Å². The highest BCUT2D eigenvalue weighted by Gasteiger charge is 2.25. The Labute approximate surface area is 332 Å². The first kappa shape index (κ1) is 32.2. The lowest BCUT2D eigenvalue weighted by atomic mass is 9.98. The number of hydrogen-bond donors (Lipinski definition) is 1. The van der Waals surface area contributed by atoms with Crippen LogP contribution in [0.3, 0.4) is 0 Å². The number of rotatable bonds is 5. The Balaban J connectivity index is 0.995. The van der Waals surface area contributed by atoms with E-state index in [1.165, 1.54) is 53.6 Å². The van der Waals surface area contributed by atoms with Crippen molar-refractivity contribution in [3.63, 3.8) is 0 Å². The number of thiophene rings is 1. The van der Waals surface area contributed by atoms with Crippen LogP contribution in [0, 0.1) is 0 Å². The number of aromatic nitrogens is 1. The number of benzene rings is 7. The van der Waals surface area contributed by atoms with Gasteiger partial charge in [-0.05, 0) is 65.9 Å². The lowest BCUT2D eigenvalue weighted by molar-refractivity contribution is 0.660. The minimum atomic E-state index is -0.292. The third-order valence-corrected chi connectivity index (χ3v) is 12.7. The highest BCUT2D eigenvalue weighted by molar-refractivity contribution is 7.26. The van der Waals surface area contributed by atoms with Gasteiger partial charge >= 0.3 is 0 Å². The third-order valence-electron chi connectivity index (χ3n) is 11.5. The van der Waals surface area contributed by atoms with E-state index in [4.69, 9.17) is 14.4 Å². The molecule has 0 bridgehead atoms. The van der Waals surface area contributed by atoms with Gasteiger partial charge in [-0.15, -0.1) is 11.3 Å². The van der Waals surface area contributed by atoms with Crippen molar-refractivity contribution in [1.29, 1.82) is 0 Å². The molecule has 12 rings (SSSR count). The molecule has 0 radical (unpaired) electrons. The number of fused-ring (bicyclic) bond motifs is 9. The second-order valence-electron chi connectivity index (χ2n) is 14.8. The molecule has 0 amide bonds. The van der Waals surface area contributed by atoms with Gasteiger partial charge in [-0.3, -0.25) is 0 Å². The summed E-state index contributed by atoms with van der Waals surface area (Å²) in [7, 11) is 0. The fourth-order valence-electron chi connectivity index (χ4n) is 8.96. The molecule has 5 nitrogen and oxygen atoms in total. The van der Waals surface area contributed by atoms with Gasteiger partial charge in [0.05, 0.1) is 21.5 Å². The number of nitrogens with one attached hydrogen (secondary N) is 1. The van der Waals surface area contributed by atoms with Crippen LogP contribution in [-0.4, -0.2) is 16.2 Å². The van der Waals surface area contributed by atoms with Crippen LogP contribution in [0.25, 0.3) is 75.9 Å². The van der Waals surface area contributed by atoms with Crippen LogP contribution in [0.5, 0.6) is 0 Å². The number of hydrogen-bond acceptors (Lipinski definition) is 5. The average molecular weight is 751 g/mol. The highest BCUT2D eigenvalue weighted by Crippen LogP contribution is 2.45. The first-order valence-corrected chi connectivity index (χ1v) is 20.3. The standard InChI is InChI=1S/C51H34N4OS/c1-3-14-31(15-4-1)49-52-50(32-16-5-2-6-17-32)54-51(53-49)40-23-11-21-38-37-29-28-33(30-44(37)56-47(38)40)34-20-13-27-45-46(34)39-22-12-26-43(48(39)57-45)55-41-24-9-7-18-35(41)36-19-8-10-25-42(36)55/h1-9,11-24,26-30,49H,10,25H2,(H,52,53,54). The molecule has 7 aromatic carbocycles. The van der Waals surface area contributed by atoms with Gasteiger partial charge in [0.1, 0.15) is 23.2 Å². The molecule has 1 aliphatic heterocycles. The zero-order chi connectivity index (χ0) is 37.5. The quantitative estimate of drug-likeness (QED) is 0.190. The minimum absolute atomic E-state index is 0.292. The molecule has 57 heavy (non-hydrogen) atoms. The fraction of sp³-hybridized carbons (Fsp3) is 0.0588. The molecule has 6 heteroatoms. The number of aliphatic imine (C=N–C) groups is 2. The summed E-state index contributed by atoms with van der Waals surface area (Å²) in [6.07, 6.45) is 6.42. The Kier molecular flexibility index (Phi) is 7.22. The van der Waals surface area contributed by atoms with Crippen LogP contribution >= 0.6 is 11.3 Å². The Hall–Kier alpha value is -7.02. The van der Waals surface area contributed by atoms with E-state index >= 15 is 0 Å². The highest BCUT2D eigenvalue weighted by atomic mass is 32.1. The molecule has 1 aliphatic carbocycles. The van der Waals surface area contributed by atoms with E-state index < -0.39 is 0 Å². The van der Waals surface area contributed by atoms with Crippen molar-refractivity contribution in [3.8, 4) is 16.8 Å². The monoisotopic (exact) mass is 750 g/mol. The normalized spacial score (nSPS) is 15.3. The fourth-order valence-corrected chi connectivity index (χ4v) is 10.2. The molecular formula is C51H34N4OS. The summed E-state index contributed by atoms with van der Waals surface area (Å²) >= 11 is 1.88. The summed E-state index contributed by atoms with van der Waals surface area (Å²) in [5.41, 5.74) is 12.2. The molecule has 270 valence electrons. The Morgan fingerprint density at radius 2 is 1.44 bits per heavy atom. The van der Waals surface area contributed by atoms with Crippen LogP contribution in [0.2, 0.25) is 0 Å². The van der Waals surface area contributed by atoms with Gasteiger partial charge in [-0.2, -0.15) is 0 Å². The SMILES string of the molecule is C1=Cc2c(n(-c3cccc4c3sc3cccc(-c5ccc6c(c5)oc5c(C7=NC(c8ccccc8)=NC(c8ccccc8)N7)cccc56)c34)c3ccccc23)CC1. The van der Waals surface area contributed by atoms with Gasteiger partial charge in [-0.25, -0.2) is 9.98 Å². The number of para-hydroxylation sites is 2. The van der Waals surface area contributed by atoms with Crippen molar-refractivity contribution < 1.29 is 4.42 Å². The maximum atomic E-state index is 6.86. The molecule has 10 aromatic rings. The van der Waals surface area contributed by atoms with Crippen LogP contribution in [-0.2, 0) is 6.42 Å². The van der Waals surface area contributed by atoms with Crippen LogP contribution < -0.4 is 5.32 Å². The van der Waals surface area contributed by atoms with Crippen molar-refractivity contribution in [2.24, 2.45) is 9.98 Å². The zero-order valence-corrected chi connectivity index (χ0v) is 31.6. The first-order valence-electron chi connectivity index (χ1n) is 19.5. The van der Waals surface area contributed by atoms with Crippen LogP contribution in [0.4, 0.5) is 0 Å². The van der Waals surface area contributed by atoms with E-state index in [2.05, 4.69) is 143 Å². The van der Waals surface area contributed by atoms with Gasteiger partial charge < -0.3 is 14.3 Å². The molecule has 0 spiro atoms.